The average molecular weight is 1810 g/mol. The van der Waals surface area contributed by atoms with Gasteiger partial charge in [0.1, 0.15) is 54.4 Å². The maximum atomic E-state index is 12.5. The van der Waals surface area contributed by atoms with E-state index >= 15 is 0 Å². The lowest BCUT2D eigenvalue weighted by Crippen LogP contribution is -2.13. The zero-order valence-electron chi connectivity index (χ0n) is 73.6. The molecule has 8 aromatic carbocycles. The van der Waals surface area contributed by atoms with Crippen LogP contribution >= 0.6 is 15.9 Å². The molecule has 131 heavy (non-hydrogen) atoms. The van der Waals surface area contributed by atoms with Gasteiger partial charge in [0.15, 0.2) is 52.1 Å². The molecule has 0 amide bonds. The van der Waals surface area contributed by atoms with E-state index < -0.39 is 11.9 Å². The van der Waals surface area contributed by atoms with E-state index in [4.69, 9.17) is 23.7 Å². The molecule has 0 spiro atoms. The predicted molar refractivity (Wildman–Crippen MR) is 489 cm³/mol. The van der Waals surface area contributed by atoms with Crippen molar-refractivity contribution in [2.75, 3.05) is 13.2 Å². The van der Waals surface area contributed by atoms with Crippen molar-refractivity contribution >= 4 is 33.7 Å². The number of aromatic nitrogens is 25. The van der Waals surface area contributed by atoms with Gasteiger partial charge in [-0.05, 0) is 181 Å². The molecule has 0 saturated carbocycles. The quantitative estimate of drug-likeness (QED) is 0.0721. The maximum Gasteiger partial charge on any atom is 0.358 e. The molecule has 0 unspecified atom stereocenters. The topological polar surface area (TPSA) is 340 Å². The number of carbonyl (C=O) groups is 3. The van der Waals surface area contributed by atoms with E-state index in [-0.39, 0.29) is 37.0 Å². The first kappa shape index (κ1) is 84.5. The van der Waals surface area contributed by atoms with Crippen molar-refractivity contribution < 1.29 is 38.1 Å². The Morgan fingerprint density at radius 3 is 1.25 bits per heavy atom. The molecule has 5 aliphatic heterocycles. The van der Waals surface area contributed by atoms with Crippen LogP contribution in [0.1, 0.15) is 145 Å². The number of imidazole rings is 5. The number of esters is 2. The average Bonchev–Trinajstić information content (AvgIpc) is 1.61. The van der Waals surface area contributed by atoms with Gasteiger partial charge in [0, 0.05) is 40.7 Å². The lowest BCUT2D eigenvalue weighted by atomic mass is 10.1. The third-order valence-corrected chi connectivity index (χ3v) is 23.7. The van der Waals surface area contributed by atoms with Gasteiger partial charge < -0.3 is 42.0 Å². The molecular weight excluding hydrogens is 1720 g/mol. The van der Waals surface area contributed by atoms with Crippen molar-refractivity contribution in [2.45, 2.75) is 128 Å². The highest BCUT2D eigenvalue weighted by molar-refractivity contribution is 9.10. The van der Waals surface area contributed by atoms with Crippen LogP contribution in [-0.4, -0.2) is 153 Å². The molecule has 5 aliphatic rings. The molecule has 0 saturated heterocycles. The zero-order chi connectivity index (χ0) is 90.4. The van der Waals surface area contributed by atoms with Gasteiger partial charge in [-0.2, -0.15) is 0 Å². The van der Waals surface area contributed by atoms with Gasteiger partial charge in [-0.1, -0.05) is 131 Å². The van der Waals surface area contributed by atoms with Crippen LogP contribution in [-0.2, 0) is 55.2 Å². The Morgan fingerprint density at radius 1 is 0.359 bits per heavy atom. The van der Waals surface area contributed by atoms with E-state index in [1.165, 1.54) is 11.1 Å². The summed E-state index contributed by atoms with van der Waals surface area (Å²) in [6.07, 6.45) is 12.0. The second kappa shape index (κ2) is 35.7. The van der Waals surface area contributed by atoms with E-state index in [1.54, 1.807) is 32.8 Å². The fourth-order valence-electron chi connectivity index (χ4n) is 16.7. The van der Waals surface area contributed by atoms with Crippen LogP contribution in [0.3, 0.4) is 0 Å². The van der Waals surface area contributed by atoms with Crippen molar-refractivity contribution in [2.24, 2.45) is 0 Å². The summed E-state index contributed by atoms with van der Waals surface area (Å²) in [6, 6.07) is 58.5. The van der Waals surface area contributed by atoms with Crippen molar-refractivity contribution in [3.8, 4) is 115 Å². The van der Waals surface area contributed by atoms with E-state index in [1.807, 2.05) is 215 Å². The molecule has 23 rings (SSSR count). The number of halogens is 1. The summed E-state index contributed by atoms with van der Waals surface area (Å²) >= 11 is 3.48. The molecule has 34 heteroatoms. The van der Waals surface area contributed by atoms with Crippen molar-refractivity contribution in [3.63, 3.8) is 0 Å². The Labute approximate surface area is 759 Å². The van der Waals surface area contributed by atoms with Crippen molar-refractivity contribution in [3.05, 3.63) is 315 Å². The molecule has 15 heterocycles. The van der Waals surface area contributed by atoms with E-state index in [0.717, 1.165) is 148 Å². The second-order valence-electron chi connectivity index (χ2n) is 32.0. The summed E-state index contributed by atoms with van der Waals surface area (Å²) in [5.74, 6) is 6.85. The predicted octanol–water partition coefficient (Wildman–Crippen LogP) is 17.1. The maximum absolute atomic E-state index is 12.5. The van der Waals surface area contributed by atoms with Crippen LogP contribution in [0, 0.1) is 48.5 Å². The van der Waals surface area contributed by atoms with Gasteiger partial charge in [-0.3, -0.25) is 32.2 Å². The number of Topliss-reactive ketones (excluding diaryl/α,β-unsaturated/α-hetero) is 1. The Morgan fingerprint density at radius 2 is 0.756 bits per heavy atom. The molecule has 656 valence electrons. The third kappa shape index (κ3) is 16.2. The van der Waals surface area contributed by atoms with Gasteiger partial charge in [0.05, 0.1) is 127 Å². The molecule has 0 aliphatic carbocycles. The summed E-state index contributed by atoms with van der Waals surface area (Å²) in [4.78, 5) is 59.5. The lowest BCUT2D eigenvalue weighted by Gasteiger charge is -2.10. The van der Waals surface area contributed by atoms with Gasteiger partial charge in [0.25, 0.3) is 0 Å². The molecular formula is C97H88BrN25O8. The zero-order valence-corrected chi connectivity index (χ0v) is 75.2. The number of benzene rings is 8. The number of fused-ring (bicyclic) bond motifs is 25. The first-order valence-corrected chi connectivity index (χ1v) is 43.7. The number of ether oxygens (including phenoxy) is 5. The molecule has 33 nitrogen and oxygen atoms in total. The Hall–Kier alpha value is -16.0. The summed E-state index contributed by atoms with van der Waals surface area (Å²) in [5.41, 5.74) is 23.3. The standard InChI is InChI=1S/C23H21N5O3.C23H21N5O2.C22H19N5O3.C15H15N5.C14H12BrN5/c1-4-30-22(29)20-19-12-27-21(17-11-15(3)8-9-18(17)28(19)13-24-20)25-26-23(27)31-16-7-5-6-14(2)10-16;1-3-20(29)22-19-12-27-21(13-30-16-7-5-4-6-8-16)25-26-23(27)17-11-15(2)9-10-18(17)28(19)14-24-22;1-3-29-21(28)19-18-12-26-20(24-25-22(26)30-15-7-5-4-6-8-15)16-11-14(2)9-10-17(16)27(18)13-23-19;1-3-14-17-18-15-12-6-10(2)4-5-13(12)20-9-16-7-11(20)8-19(14)15;1-8-3-4-11-10(5-8)13-17-18-14(15)19(13)6-12-9(2)16-7-20(11)12/h5-11,13H,4,12H2,1-3H3;4-11,14H,3,12-13H2,1-2H3;4-11,13H,3,12H2,1-2H3;4-7,9H,3,8H2,1-2H3;3-5,7H,6H2,1-2H3. The summed E-state index contributed by atoms with van der Waals surface area (Å²) in [7, 11) is 0. The normalized spacial score (nSPS) is 12.1. The third-order valence-electron chi connectivity index (χ3n) is 23.1. The monoisotopic (exact) mass is 1810 g/mol. The summed E-state index contributed by atoms with van der Waals surface area (Å²) < 4.78 is 49.3. The van der Waals surface area contributed by atoms with Gasteiger partial charge in [-0.25, -0.2) is 34.5 Å². The Bertz CT molecular complexity index is 7420. The smallest absolute Gasteiger partial charge is 0.358 e. The fourth-order valence-corrected chi connectivity index (χ4v) is 17.0. The van der Waals surface area contributed by atoms with Crippen LogP contribution in [0.4, 0.5) is 0 Å². The number of nitrogens with zero attached hydrogens (tertiary/aromatic N) is 25. The molecule has 0 N–H and O–H groups in total. The van der Waals surface area contributed by atoms with Crippen LogP contribution in [0.2, 0.25) is 0 Å². The molecule has 0 atom stereocenters. The van der Waals surface area contributed by atoms with Crippen molar-refractivity contribution in [1.82, 2.24) is 122 Å². The van der Waals surface area contributed by atoms with E-state index in [2.05, 4.69) is 179 Å². The molecule has 0 bridgehead atoms. The second-order valence-corrected chi connectivity index (χ2v) is 32.7. The summed E-state index contributed by atoms with van der Waals surface area (Å²) in [6.45, 7) is 25.2. The highest BCUT2D eigenvalue weighted by atomic mass is 79.9. The number of carbonyl (C=O) groups excluding carboxylic acids is 3. The van der Waals surface area contributed by atoms with Crippen LogP contribution in [0.25, 0.3) is 85.4 Å². The largest absolute Gasteiger partial charge is 0.486 e. The minimum absolute atomic E-state index is 0.0241. The van der Waals surface area contributed by atoms with E-state index in [9.17, 15) is 14.4 Å². The number of hydrogen-bond acceptors (Lipinski definition) is 23. The Balaban J connectivity index is 0.000000107. The van der Waals surface area contributed by atoms with Gasteiger partial charge in [-0.15, -0.1) is 40.8 Å². The van der Waals surface area contributed by atoms with Gasteiger partial charge >= 0.3 is 24.0 Å². The molecule has 0 fully saturated rings. The molecule has 18 aromatic rings. The van der Waals surface area contributed by atoms with Crippen molar-refractivity contribution in [1.29, 1.82) is 0 Å². The lowest BCUT2D eigenvalue weighted by molar-refractivity contribution is 0.0509. The minimum Gasteiger partial charge on any atom is -0.486 e. The van der Waals surface area contributed by atoms with Gasteiger partial charge in [0.2, 0.25) is 4.73 Å². The number of aryl methyl sites for hydroxylation is 8. The SMILES string of the molecule is CCC(=O)c1ncn2c1Cn1c(COc3ccccc3)nnc1-c1cc(C)ccc1-2.CCOC(=O)c1ncn2c1Cn1c(Oc3cccc(C)c3)nnc1-c1cc(C)ccc1-2.CCOC(=O)c1ncn2c1Cn1c(Oc3ccccc3)nnc1-c1cc(C)ccc1-2.CCc1nnc2n1Cc1cncn1-c1ccc(C)cc1-2.Cc1ccc2c(c1)-c1nnc(Br)n1Cc1c(C)ncn1-2. The van der Waals surface area contributed by atoms with Crippen LogP contribution < -0.4 is 14.2 Å². The van der Waals surface area contributed by atoms with E-state index in [0.29, 0.717) is 90.7 Å². The number of hydrogen-bond donors (Lipinski definition) is 0. The first-order chi connectivity index (χ1) is 63.8. The van der Waals surface area contributed by atoms with Crippen LogP contribution in [0.15, 0.2) is 218 Å². The number of para-hydroxylation sites is 2. The summed E-state index contributed by atoms with van der Waals surface area (Å²) in [5, 5.41) is 43.5. The molecule has 10 aromatic heterocycles. The van der Waals surface area contributed by atoms with Crippen LogP contribution in [0.5, 0.6) is 29.3 Å². The fraction of sp³-hybridized carbons (Fsp3) is 0.216. The minimum atomic E-state index is -0.457. The highest BCUT2D eigenvalue weighted by Gasteiger charge is 2.35. The first-order valence-electron chi connectivity index (χ1n) is 42.9. The molecule has 0 radical (unpaired) electrons. The highest BCUT2D eigenvalue weighted by Crippen LogP contribution is 2.42. The number of ketones is 1. The Kier molecular flexibility index (Phi) is 23.0. The number of rotatable bonds is 14.